The van der Waals surface area contributed by atoms with Crippen molar-refractivity contribution >= 4 is 0 Å². The molecule has 0 fully saturated rings. The van der Waals surface area contributed by atoms with E-state index in [-0.39, 0.29) is 802 Å². The average Bonchev–Trinajstić information content (AvgIpc) is 0. The highest BCUT2D eigenvalue weighted by atomic mass is 12.1. The Balaban J connectivity index is 0. The number of hydrogen-bond donors (Lipinski definition) is 0. The van der Waals surface area contributed by atoms with E-state index >= 15 is 0 Å². The lowest BCUT2D eigenvalue weighted by Gasteiger charge is -0.0786. The number of hydrogen-bond acceptors (Lipinski definition) is 0. The van der Waals surface area contributed by atoms with Crippen molar-refractivity contribution in [1.29, 1.82) is 0 Å². The highest BCUT2D eigenvalue weighted by Gasteiger charge is 0.0294. The average molecular weight is 1730 g/mol. The lowest BCUT2D eigenvalue weighted by atomic mass is 12.0. The van der Waals surface area contributed by atoms with Gasteiger partial charge in [-0.1, -0.05) is 802 Å². The molecule has 0 aliphatic rings. The molecule has 0 saturated heterocycles. The van der Waals surface area contributed by atoms with Crippen molar-refractivity contribution in [3.8, 4) is 0 Å². The summed E-state index contributed by atoms with van der Waals surface area (Å²) in [5, 5.41) is 0. The topological polar surface area (TPSA) is 0 Å². The van der Waals surface area contributed by atoms with Crippen LogP contribution in [0.5, 0.6) is 0 Å². The first-order chi connectivity index (χ1) is 0. The molecule has 0 atom stereocenters. The smallest absolute Gasteiger partial charge is 0.0776 e. The van der Waals surface area contributed by atoms with E-state index in [4.69, 9.17) is 0 Å². The fraction of sp³-hybridized carbons (Fsp3) is 1.00. The van der Waals surface area contributed by atoms with Crippen molar-refractivity contribution in [2.24, 2.45) is 0 Å². The van der Waals surface area contributed by atoms with Crippen molar-refractivity contribution in [3.05, 3.63) is 0 Å². The highest BCUT2D eigenvalue weighted by Crippen LogP contribution is 0.251. The van der Waals surface area contributed by atoms with Gasteiger partial charge in [0.15, 0.2) is 0 Å². The molecule has 0 heterocycles. The van der Waals surface area contributed by atoms with Gasteiger partial charge in [-0.3, -0.25) is 0 Å². The fourth-order valence-electron chi connectivity index (χ4n) is 0. The van der Waals surface area contributed by atoms with Crippen molar-refractivity contribution in [1.82, 2.24) is 0 Å². The van der Waals surface area contributed by atoms with Gasteiger partial charge in [0.2, 0.25) is 0 Å². The second-order valence-corrected chi connectivity index (χ2v) is 0. The van der Waals surface area contributed by atoms with Gasteiger partial charge in [0.25, 0.3) is 0 Å². The normalized spacial score (nSPS) is 0. The van der Waals surface area contributed by atoms with Crippen LogP contribution in [0, 0.1) is 0 Å². The zero-order valence-corrected chi connectivity index (χ0v) is 0. The maximum absolute atomic E-state index is 0. The van der Waals surface area contributed by atoms with Gasteiger partial charge >= 0.3 is 0 Å². The standard InChI is InChI=1S/108CH4/h108*1H4. The molecule has 0 nitrogen and oxygen atoms in total. The van der Waals surface area contributed by atoms with Crippen molar-refractivity contribution in [2.75, 3.05) is 0 Å². The quantitative estimate of drug-likeness (QED) is 0.227. The van der Waals surface area contributed by atoms with Gasteiger partial charge in [-0.25, -0.2) is 0 Å². The summed E-state index contributed by atoms with van der Waals surface area (Å²) in [6, 6.07) is 0. The van der Waals surface area contributed by atoms with Gasteiger partial charge < -0.3 is 0 Å². The number of rotatable bonds is 0. The Hall–Kier alpha value is 0. The summed E-state index contributed by atoms with van der Waals surface area (Å²) < 4.78 is 0. The van der Waals surface area contributed by atoms with E-state index in [0.717, 1.165) is 0 Å². The van der Waals surface area contributed by atoms with Crippen LogP contribution in [0.25, 0.3) is 0 Å². The van der Waals surface area contributed by atoms with Crippen molar-refractivity contribution in [3.63, 3.8) is 0 Å². The van der Waals surface area contributed by atoms with E-state index in [9.17, 15) is 0 Å². The first-order valence-corrected chi connectivity index (χ1v) is 0. The molecule has 0 aliphatic carbocycles. The zero-order chi connectivity index (χ0) is 0. The summed E-state index contributed by atoms with van der Waals surface area (Å²) >= 11 is 0. The van der Waals surface area contributed by atoms with E-state index in [1.807, 2.05) is 0 Å². The van der Waals surface area contributed by atoms with Gasteiger partial charge in [0.05, 0.1) is 0 Å². The first kappa shape index (κ1) is 0. The molecule has 0 radical (unpaired) electrons. The Morgan fingerprint density at radius 3 is 0.00926 bits per heavy atom. The van der Waals surface area contributed by atoms with E-state index in [2.05, 4.69) is 0 Å². The molecule has 0 N–H and O–H groups in total. The van der Waals surface area contributed by atoms with E-state index in [1.165, 1.54) is 0 Å². The zero-order valence-electron chi connectivity index (χ0n) is 0. The third-order valence-corrected chi connectivity index (χ3v) is 0. The van der Waals surface area contributed by atoms with Crippen LogP contribution in [-0.2, 0) is 0 Å². The third kappa shape index (κ3) is 0. The van der Waals surface area contributed by atoms with Gasteiger partial charge in [0.1, 0.15) is 0 Å². The monoisotopic (exact) mass is 1730 g/mol. The van der Waals surface area contributed by atoms with Crippen LogP contribution in [0.3, 0.4) is 0 Å². The first-order valence-electron chi connectivity index (χ1n) is 0. The molecule has 0 spiro atoms. The van der Waals surface area contributed by atoms with Gasteiger partial charge in [-0.2, -0.15) is 0 Å². The molecule has 0 amide bonds. The molecular formula is C108H432. The van der Waals surface area contributed by atoms with Crippen LogP contribution < -0.4 is 0 Å². The van der Waals surface area contributed by atoms with Crippen LogP contribution in [-0.4, -0.2) is 0 Å². The fourth-order valence-corrected chi connectivity index (χ4v) is 0. The molecule has 0 aromatic rings. The molecular weight excluding hydrogens is 1300 g/mol. The largest absolute Gasteiger partial charge is 0.0776 e. The third-order valence-electron chi connectivity index (χ3n) is 0. The highest BCUT2D eigenvalue weighted by molar-refractivity contribution is 2.61. The van der Waals surface area contributed by atoms with Gasteiger partial charge in [-0.05, 0) is 0 Å². The van der Waals surface area contributed by atoms with Gasteiger partial charge in [0, 0.05) is 0 Å². The molecule has 864 valence electrons. The molecule has 0 unspecified atom stereocenters. The van der Waals surface area contributed by atoms with Gasteiger partial charge in [-0.15, -0.1) is 0 Å². The summed E-state index contributed by atoms with van der Waals surface area (Å²) in [6.07, 6.45) is 0. The Labute approximate surface area is 797 Å². The summed E-state index contributed by atoms with van der Waals surface area (Å²) in [5.74, 6) is 0. The summed E-state index contributed by atoms with van der Waals surface area (Å²) in [4.78, 5) is 0. The maximum atomic E-state index is 0. The molecule has 0 saturated carbocycles. The van der Waals surface area contributed by atoms with Crippen LogP contribution >= 0.6 is 0 Å². The lowest BCUT2D eigenvalue weighted by Crippen LogP contribution is 0.143. The van der Waals surface area contributed by atoms with E-state index in [1.54, 1.807) is 0 Å². The van der Waals surface area contributed by atoms with Crippen LogP contribution in [0.2, 0.25) is 0 Å². The Morgan fingerprint density at radius 2 is 0.00926 bits per heavy atom. The predicted molar refractivity (Wildman–Crippen MR) is 727 cm³/mol. The van der Waals surface area contributed by atoms with Crippen LogP contribution in [0.4, 0.5) is 0 Å². The second kappa shape index (κ2) is 0. The van der Waals surface area contributed by atoms with Crippen LogP contribution in [0.1, 0.15) is 802 Å². The molecule has 0 bridgehead atoms. The lowest BCUT2D eigenvalue weighted by molar-refractivity contribution is 2.50. The SMILES string of the molecule is C.C.C.C.C.C.C.C.C.C.C.C.C.C.C.C.C.C.C.C.C.C.C.C.C.C.C.C.C.C.C.C.C.C.C.C.C.C.C.C.C.C.C.C.C.C.C.C.C.C.C.C.C.C.C.C.C.C.C.C.C.C.C.C.C.C.C.C.C.C.C.C.C.C.C.C.C.C.C.C.C.C.C.C.C.C.C.C.C.C.C.C.C.C.C.C.C.C.C.C.C.C.C.C.C.C.C.C. The predicted octanol–water partition coefficient (Wildman–Crippen LogP) is 68.7. The maximum Gasteiger partial charge on any atom is -0.0776 e. The Morgan fingerprint density at radius 1 is 0.00926 bits per heavy atom. The summed E-state index contributed by atoms with van der Waals surface area (Å²) in [6.45, 7) is 0. The van der Waals surface area contributed by atoms with Crippen LogP contribution in [0.15, 0.2) is 0 Å². The molecule has 0 aromatic heterocycles. The summed E-state index contributed by atoms with van der Waals surface area (Å²) in [7, 11) is 0. The minimum Gasteiger partial charge on any atom is -0.0776 e. The minimum absolute atomic E-state index is 0. The minimum atomic E-state index is 0. The van der Waals surface area contributed by atoms with Crippen molar-refractivity contribution in [2.45, 2.75) is 802 Å². The van der Waals surface area contributed by atoms with E-state index in [0.29, 0.717) is 0 Å². The van der Waals surface area contributed by atoms with Crippen molar-refractivity contribution < 1.29 is 0 Å². The van der Waals surface area contributed by atoms with E-state index < -0.39 is 0 Å². The Kier molecular flexibility index (Phi) is 0. The molecule has 0 aromatic carbocycles. The molecule has 0 heteroatoms. The summed E-state index contributed by atoms with van der Waals surface area (Å²) in [5.41, 5.74) is 0. The second-order valence-electron chi connectivity index (χ2n) is 0. The molecule has 0 rings (SSSR count). The molecule has 0 aliphatic heterocycles. The Bertz CT molecular complexity index is 0. The molecule has 108 heavy (non-hydrogen) atoms.